The molecule has 0 saturated carbocycles. The van der Waals surface area contributed by atoms with Crippen molar-refractivity contribution in [3.05, 3.63) is 0 Å². The number of esters is 1. The Morgan fingerprint density at radius 3 is 2.50 bits per heavy atom. The lowest BCUT2D eigenvalue weighted by Gasteiger charge is -2.15. The van der Waals surface area contributed by atoms with Gasteiger partial charge >= 0.3 is 11.9 Å². The first-order chi connectivity index (χ1) is 7.47. The van der Waals surface area contributed by atoms with E-state index in [2.05, 4.69) is 0 Å². The Hall–Kier alpha value is -1.14. The van der Waals surface area contributed by atoms with E-state index in [4.69, 9.17) is 21.3 Å². The molecule has 1 unspecified atom stereocenters. The van der Waals surface area contributed by atoms with Crippen molar-refractivity contribution < 1.29 is 19.4 Å². The maximum atomic E-state index is 11.4. The molecule has 0 amide bonds. The monoisotopic (exact) mass is 232 g/mol. The molecular formula is C10H20N2O4. The van der Waals surface area contributed by atoms with E-state index in [0.717, 1.165) is 12.8 Å². The molecule has 0 heterocycles. The highest BCUT2D eigenvalue weighted by atomic mass is 16.5. The van der Waals surface area contributed by atoms with Gasteiger partial charge in [0, 0.05) is 0 Å². The zero-order chi connectivity index (χ0) is 12.6. The molecule has 0 rings (SSSR count). The molecule has 2 atom stereocenters. The summed E-state index contributed by atoms with van der Waals surface area (Å²) in [6.45, 7) is 2.09. The number of rotatable bonds is 8. The van der Waals surface area contributed by atoms with E-state index < -0.39 is 24.1 Å². The van der Waals surface area contributed by atoms with Gasteiger partial charge in [0.15, 0.2) is 0 Å². The molecule has 16 heavy (non-hydrogen) atoms. The lowest BCUT2D eigenvalue weighted by molar-refractivity contribution is -0.153. The summed E-state index contributed by atoms with van der Waals surface area (Å²) in [4.78, 5) is 21.7. The molecule has 0 fully saturated rings. The van der Waals surface area contributed by atoms with Gasteiger partial charge in [-0.25, -0.2) is 0 Å². The standard InChI is InChI=1S/C10H20N2O4/c1-7(6-9(13)14)16-10(15)8(12)4-2-3-5-11/h7-8H,2-6,11-12H2,1H3,(H,13,14)/t7?,8-/m0/s1. The normalized spacial score (nSPS) is 14.2. The number of carboxylic acid groups (broad SMARTS) is 1. The summed E-state index contributed by atoms with van der Waals surface area (Å²) in [6, 6.07) is -0.692. The first kappa shape index (κ1) is 14.9. The fourth-order valence-corrected chi connectivity index (χ4v) is 1.20. The van der Waals surface area contributed by atoms with Gasteiger partial charge in [-0.1, -0.05) is 6.42 Å². The van der Waals surface area contributed by atoms with Gasteiger partial charge < -0.3 is 21.3 Å². The zero-order valence-corrected chi connectivity index (χ0v) is 9.52. The molecule has 0 saturated heterocycles. The van der Waals surface area contributed by atoms with Crippen molar-refractivity contribution in [2.24, 2.45) is 11.5 Å². The Morgan fingerprint density at radius 1 is 1.38 bits per heavy atom. The van der Waals surface area contributed by atoms with Gasteiger partial charge in [0.25, 0.3) is 0 Å². The number of carboxylic acids is 1. The molecule has 0 radical (unpaired) electrons. The summed E-state index contributed by atoms with van der Waals surface area (Å²) in [5.74, 6) is -1.55. The van der Waals surface area contributed by atoms with Crippen LogP contribution in [0.5, 0.6) is 0 Å². The first-order valence-corrected chi connectivity index (χ1v) is 5.35. The molecule has 0 aromatic carbocycles. The quantitative estimate of drug-likeness (QED) is 0.396. The number of carbonyl (C=O) groups excluding carboxylic acids is 1. The van der Waals surface area contributed by atoms with Crippen LogP contribution in [-0.4, -0.2) is 35.7 Å². The highest BCUT2D eigenvalue weighted by Gasteiger charge is 2.18. The molecule has 0 aliphatic rings. The SMILES string of the molecule is CC(CC(=O)O)OC(=O)[C@@H](N)CCCCN. The second-order valence-corrected chi connectivity index (χ2v) is 3.74. The first-order valence-electron chi connectivity index (χ1n) is 5.35. The van der Waals surface area contributed by atoms with Crippen molar-refractivity contribution >= 4 is 11.9 Å². The molecule has 0 aromatic heterocycles. The van der Waals surface area contributed by atoms with Crippen molar-refractivity contribution in [3.8, 4) is 0 Å². The minimum atomic E-state index is -1.00. The predicted octanol–water partition coefficient (Wildman–Crippen LogP) is -0.151. The number of nitrogens with two attached hydrogens (primary N) is 2. The maximum absolute atomic E-state index is 11.4. The van der Waals surface area contributed by atoms with Crippen LogP contribution in [0.4, 0.5) is 0 Å². The van der Waals surface area contributed by atoms with Gasteiger partial charge in [-0.2, -0.15) is 0 Å². The molecule has 6 nitrogen and oxygen atoms in total. The minimum absolute atomic E-state index is 0.207. The number of hydrogen-bond acceptors (Lipinski definition) is 5. The molecule has 94 valence electrons. The number of carbonyl (C=O) groups is 2. The zero-order valence-electron chi connectivity index (χ0n) is 9.52. The molecule has 0 aliphatic carbocycles. The van der Waals surface area contributed by atoms with Crippen molar-refractivity contribution in [1.82, 2.24) is 0 Å². The second-order valence-electron chi connectivity index (χ2n) is 3.74. The Morgan fingerprint density at radius 2 is 2.00 bits per heavy atom. The van der Waals surface area contributed by atoms with Crippen LogP contribution < -0.4 is 11.5 Å². The summed E-state index contributed by atoms with van der Waals surface area (Å²) >= 11 is 0. The third-order valence-electron chi connectivity index (χ3n) is 2.05. The third kappa shape index (κ3) is 7.19. The van der Waals surface area contributed by atoms with E-state index in [9.17, 15) is 9.59 Å². The van der Waals surface area contributed by atoms with E-state index in [1.165, 1.54) is 6.92 Å². The van der Waals surface area contributed by atoms with Crippen LogP contribution >= 0.6 is 0 Å². The number of hydrogen-bond donors (Lipinski definition) is 3. The number of ether oxygens (including phenoxy) is 1. The largest absolute Gasteiger partial charge is 0.481 e. The van der Waals surface area contributed by atoms with Crippen LogP contribution in [0.1, 0.15) is 32.6 Å². The average molecular weight is 232 g/mol. The Labute approximate surface area is 94.9 Å². The van der Waals surface area contributed by atoms with E-state index in [1.54, 1.807) is 0 Å². The fourth-order valence-electron chi connectivity index (χ4n) is 1.20. The van der Waals surface area contributed by atoms with Gasteiger partial charge in [0.05, 0.1) is 6.42 Å². The van der Waals surface area contributed by atoms with Crippen molar-refractivity contribution in [2.75, 3.05) is 6.54 Å². The van der Waals surface area contributed by atoms with Crippen LogP contribution in [0.25, 0.3) is 0 Å². The topological polar surface area (TPSA) is 116 Å². The van der Waals surface area contributed by atoms with Crippen molar-refractivity contribution in [2.45, 2.75) is 44.8 Å². The minimum Gasteiger partial charge on any atom is -0.481 e. The Balaban J connectivity index is 3.81. The summed E-state index contributed by atoms with van der Waals surface area (Å²) in [7, 11) is 0. The third-order valence-corrected chi connectivity index (χ3v) is 2.05. The highest BCUT2D eigenvalue weighted by Crippen LogP contribution is 2.04. The van der Waals surface area contributed by atoms with E-state index in [0.29, 0.717) is 13.0 Å². The van der Waals surface area contributed by atoms with Gasteiger partial charge in [0.2, 0.25) is 0 Å². The molecule has 5 N–H and O–H groups in total. The van der Waals surface area contributed by atoms with Crippen LogP contribution in [0.2, 0.25) is 0 Å². The van der Waals surface area contributed by atoms with Gasteiger partial charge in [0.1, 0.15) is 12.1 Å². The number of unbranched alkanes of at least 4 members (excludes halogenated alkanes) is 1. The van der Waals surface area contributed by atoms with Crippen LogP contribution in [0, 0.1) is 0 Å². The van der Waals surface area contributed by atoms with E-state index in [1.807, 2.05) is 0 Å². The van der Waals surface area contributed by atoms with Gasteiger partial charge in [-0.3, -0.25) is 9.59 Å². The lowest BCUT2D eigenvalue weighted by Crippen LogP contribution is -2.34. The van der Waals surface area contributed by atoms with Crippen molar-refractivity contribution in [3.63, 3.8) is 0 Å². The molecule has 0 aromatic rings. The predicted molar refractivity (Wildman–Crippen MR) is 58.7 cm³/mol. The van der Waals surface area contributed by atoms with Gasteiger partial charge in [-0.15, -0.1) is 0 Å². The second kappa shape index (κ2) is 8.06. The van der Waals surface area contributed by atoms with Crippen LogP contribution in [-0.2, 0) is 14.3 Å². The molecular weight excluding hydrogens is 212 g/mol. The van der Waals surface area contributed by atoms with E-state index >= 15 is 0 Å². The lowest BCUT2D eigenvalue weighted by atomic mass is 10.1. The van der Waals surface area contributed by atoms with Gasteiger partial charge in [-0.05, 0) is 26.3 Å². The molecule has 6 heteroatoms. The van der Waals surface area contributed by atoms with Crippen LogP contribution in [0.15, 0.2) is 0 Å². The van der Waals surface area contributed by atoms with Crippen LogP contribution in [0.3, 0.4) is 0 Å². The van der Waals surface area contributed by atoms with Crippen molar-refractivity contribution in [1.29, 1.82) is 0 Å². The smallest absolute Gasteiger partial charge is 0.323 e. The Bertz CT molecular complexity index is 233. The number of aliphatic carboxylic acids is 1. The summed E-state index contributed by atoms with van der Waals surface area (Å²) in [5.41, 5.74) is 10.9. The summed E-state index contributed by atoms with van der Waals surface area (Å²) in [6.07, 6.45) is 1.23. The maximum Gasteiger partial charge on any atom is 0.323 e. The summed E-state index contributed by atoms with van der Waals surface area (Å²) in [5, 5.41) is 8.47. The van der Waals surface area contributed by atoms with E-state index in [-0.39, 0.29) is 6.42 Å². The molecule has 0 spiro atoms. The Kier molecular flexibility index (Phi) is 7.49. The summed E-state index contributed by atoms with van der Waals surface area (Å²) < 4.78 is 4.88. The average Bonchev–Trinajstić information content (AvgIpc) is 2.16. The highest BCUT2D eigenvalue weighted by molar-refractivity contribution is 5.76. The fraction of sp³-hybridized carbons (Fsp3) is 0.800. The molecule has 0 bridgehead atoms. The molecule has 0 aliphatic heterocycles.